The van der Waals surface area contributed by atoms with Gasteiger partial charge in [0, 0.05) is 11.1 Å². The maximum atomic E-state index is 12.1. The highest BCUT2D eigenvalue weighted by atomic mass is 32.2. The van der Waals surface area contributed by atoms with Gasteiger partial charge in [0.25, 0.3) is 0 Å². The summed E-state index contributed by atoms with van der Waals surface area (Å²) in [5, 5.41) is 2.67. The standard InChI is InChI=1S/C12H14N2O2S2/c1-9-5-3-4-6-11(9)18(15,16)13-7-12-14-10(2)8-17-12/h3-6,8,13H,7H2,1-2H3. The normalized spacial score (nSPS) is 11.7. The molecule has 2 aromatic rings. The minimum Gasteiger partial charge on any atom is -0.245 e. The maximum absolute atomic E-state index is 12.1. The maximum Gasteiger partial charge on any atom is 0.241 e. The highest BCUT2D eigenvalue weighted by Gasteiger charge is 2.16. The number of rotatable bonds is 4. The van der Waals surface area contributed by atoms with Gasteiger partial charge in [0.05, 0.1) is 11.4 Å². The molecule has 0 saturated carbocycles. The molecule has 1 aromatic carbocycles. The van der Waals surface area contributed by atoms with Crippen LogP contribution in [0, 0.1) is 13.8 Å². The molecule has 4 nitrogen and oxygen atoms in total. The SMILES string of the molecule is Cc1csc(CNS(=O)(=O)c2ccccc2C)n1. The van der Waals surface area contributed by atoms with E-state index in [0.29, 0.717) is 4.90 Å². The highest BCUT2D eigenvalue weighted by Crippen LogP contribution is 2.15. The first-order chi connectivity index (χ1) is 8.49. The molecule has 0 aliphatic rings. The number of aryl methyl sites for hydroxylation is 2. The molecule has 96 valence electrons. The number of benzene rings is 1. The van der Waals surface area contributed by atoms with Crippen LogP contribution in [-0.2, 0) is 16.6 Å². The summed E-state index contributed by atoms with van der Waals surface area (Å²) in [4.78, 5) is 4.54. The van der Waals surface area contributed by atoms with Crippen LogP contribution in [0.25, 0.3) is 0 Å². The third-order valence-corrected chi connectivity index (χ3v) is 4.99. The monoisotopic (exact) mass is 282 g/mol. The first kappa shape index (κ1) is 13.2. The van der Waals surface area contributed by atoms with Crippen LogP contribution < -0.4 is 4.72 Å². The van der Waals surface area contributed by atoms with E-state index in [9.17, 15) is 8.42 Å². The average molecular weight is 282 g/mol. The summed E-state index contributed by atoms with van der Waals surface area (Å²) in [5.74, 6) is 0. The topological polar surface area (TPSA) is 59.1 Å². The summed E-state index contributed by atoms with van der Waals surface area (Å²) in [5.41, 5.74) is 1.64. The predicted molar refractivity (Wildman–Crippen MR) is 72.1 cm³/mol. The lowest BCUT2D eigenvalue weighted by Crippen LogP contribution is -2.23. The van der Waals surface area contributed by atoms with Crippen LogP contribution in [-0.4, -0.2) is 13.4 Å². The van der Waals surface area contributed by atoms with Gasteiger partial charge >= 0.3 is 0 Å². The van der Waals surface area contributed by atoms with Crippen LogP contribution in [0.4, 0.5) is 0 Å². The van der Waals surface area contributed by atoms with Gasteiger partial charge in [-0.3, -0.25) is 0 Å². The van der Waals surface area contributed by atoms with Crippen LogP contribution in [0.5, 0.6) is 0 Å². The van der Waals surface area contributed by atoms with Crippen LogP contribution in [0.2, 0.25) is 0 Å². The van der Waals surface area contributed by atoms with Crippen molar-refractivity contribution in [1.82, 2.24) is 9.71 Å². The quantitative estimate of drug-likeness (QED) is 0.935. The average Bonchev–Trinajstić information content (AvgIpc) is 2.73. The molecule has 1 heterocycles. The lowest BCUT2D eigenvalue weighted by molar-refractivity contribution is 0.580. The molecule has 0 fully saturated rings. The van der Waals surface area contributed by atoms with Crippen LogP contribution >= 0.6 is 11.3 Å². The van der Waals surface area contributed by atoms with E-state index in [1.807, 2.05) is 18.4 Å². The Morgan fingerprint density at radius 1 is 1.28 bits per heavy atom. The van der Waals surface area contributed by atoms with E-state index in [2.05, 4.69) is 9.71 Å². The summed E-state index contributed by atoms with van der Waals surface area (Å²) in [7, 11) is -3.46. The van der Waals surface area contributed by atoms with Gasteiger partial charge in [-0.2, -0.15) is 0 Å². The Kier molecular flexibility index (Phi) is 3.79. The number of hydrogen-bond donors (Lipinski definition) is 1. The Labute approximate surface area is 111 Å². The third kappa shape index (κ3) is 2.95. The predicted octanol–water partition coefficient (Wildman–Crippen LogP) is 2.24. The molecule has 0 aliphatic carbocycles. The first-order valence-corrected chi connectivity index (χ1v) is 7.81. The van der Waals surface area contributed by atoms with Crippen molar-refractivity contribution in [3.63, 3.8) is 0 Å². The zero-order valence-electron chi connectivity index (χ0n) is 10.2. The van der Waals surface area contributed by atoms with Gasteiger partial charge in [-0.25, -0.2) is 18.1 Å². The summed E-state index contributed by atoms with van der Waals surface area (Å²) in [6, 6.07) is 6.92. The molecule has 0 radical (unpaired) electrons. The van der Waals surface area contributed by atoms with E-state index in [1.54, 1.807) is 25.1 Å². The van der Waals surface area contributed by atoms with Crippen molar-refractivity contribution in [1.29, 1.82) is 0 Å². The van der Waals surface area contributed by atoms with Crippen molar-refractivity contribution in [3.8, 4) is 0 Å². The lowest BCUT2D eigenvalue weighted by atomic mass is 10.2. The Morgan fingerprint density at radius 3 is 2.61 bits per heavy atom. The van der Waals surface area contributed by atoms with E-state index in [4.69, 9.17) is 0 Å². The number of sulfonamides is 1. The Balaban J connectivity index is 2.16. The molecule has 0 unspecified atom stereocenters. The molecule has 0 amide bonds. The largest absolute Gasteiger partial charge is 0.245 e. The summed E-state index contributed by atoms with van der Waals surface area (Å²) in [6.07, 6.45) is 0. The van der Waals surface area contributed by atoms with Crippen LogP contribution in [0.15, 0.2) is 34.5 Å². The van der Waals surface area contributed by atoms with Crippen LogP contribution in [0.1, 0.15) is 16.3 Å². The minimum absolute atomic E-state index is 0.231. The van der Waals surface area contributed by atoms with Crippen molar-refractivity contribution < 1.29 is 8.42 Å². The number of hydrogen-bond acceptors (Lipinski definition) is 4. The molecule has 0 saturated heterocycles. The summed E-state index contributed by atoms with van der Waals surface area (Å²) < 4.78 is 26.8. The zero-order chi connectivity index (χ0) is 13.2. The second-order valence-corrected chi connectivity index (χ2v) is 6.65. The summed E-state index contributed by atoms with van der Waals surface area (Å²) in [6.45, 7) is 3.90. The second-order valence-electron chi connectivity index (χ2n) is 3.97. The number of nitrogens with one attached hydrogen (secondary N) is 1. The molecule has 18 heavy (non-hydrogen) atoms. The molecule has 1 N–H and O–H groups in total. The zero-order valence-corrected chi connectivity index (χ0v) is 11.8. The van der Waals surface area contributed by atoms with Gasteiger partial charge in [-0.1, -0.05) is 18.2 Å². The fourth-order valence-corrected chi connectivity index (χ4v) is 3.61. The number of aromatic nitrogens is 1. The highest BCUT2D eigenvalue weighted by molar-refractivity contribution is 7.89. The first-order valence-electron chi connectivity index (χ1n) is 5.45. The molecule has 6 heteroatoms. The summed E-state index contributed by atoms with van der Waals surface area (Å²) >= 11 is 1.45. The molecule has 0 bridgehead atoms. The molecule has 1 aromatic heterocycles. The Hall–Kier alpha value is -1.24. The van der Waals surface area contributed by atoms with E-state index >= 15 is 0 Å². The van der Waals surface area contributed by atoms with E-state index in [-0.39, 0.29) is 6.54 Å². The van der Waals surface area contributed by atoms with Gasteiger partial charge in [0.15, 0.2) is 0 Å². The van der Waals surface area contributed by atoms with Crippen molar-refractivity contribution in [2.24, 2.45) is 0 Å². The van der Waals surface area contributed by atoms with Crippen molar-refractivity contribution in [2.45, 2.75) is 25.3 Å². The van der Waals surface area contributed by atoms with E-state index in [1.165, 1.54) is 11.3 Å². The van der Waals surface area contributed by atoms with E-state index in [0.717, 1.165) is 16.3 Å². The second kappa shape index (κ2) is 5.17. The number of thiazole rings is 1. The van der Waals surface area contributed by atoms with Gasteiger partial charge in [-0.05, 0) is 25.5 Å². The molecular weight excluding hydrogens is 268 g/mol. The smallest absolute Gasteiger partial charge is 0.241 e. The van der Waals surface area contributed by atoms with Crippen LogP contribution in [0.3, 0.4) is 0 Å². The molecule has 0 spiro atoms. The van der Waals surface area contributed by atoms with Gasteiger partial charge in [-0.15, -0.1) is 11.3 Å². The molecular formula is C12H14N2O2S2. The third-order valence-electron chi connectivity index (χ3n) is 2.46. The lowest BCUT2D eigenvalue weighted by Gasteiger charge is -2.07. The van der Waals surface area contributed by atoms with Gasteiger partial charge in [0.1, 0.15) is 5.01 Å². The van der Waals surface area contributed by atoms with Crippen molar-refractivity contribution in [2.75, 3.05) is 0 Å². The van der Waals surface area contributed by atoms with Gasteiger partial charge in [0.2, 0.25) is 10.0 Å². The minimum atomic E-state index is -3.46. The fourth-order valence-electron chi connectivity index (χ4n) is 1.58. The Morgan fingerprint density at radius 2 is 2.00 bits per heavy atom. The fraction of sp³-hybridized carbons (Fsp3) is 0.250. The van der Waals surface area contributed by atoms with Gasteiger partial charge < -0.3 is 0 Å². The van der Waals surface area contributed by atoms with E-state index < -0.39 is 10.0 Å². The Bertz CT molecular complexity index is 648. The van der Waals surface area contributed by atoms with Crippen molar-refractivity contribution >= 4 is 21.4 Å². The molecule has 2 rings (SSSR count). The molecule has 0 aliphatic heterocycles. The number of nitrogens with zero attached hydrogens (tertiary/aromatic N) is 1. The molecule has 0 atom stereocenters. The van der Waals surface area contributed by atoms with Crippen molar-refractivity contribution in [3.05, 3.63) is 45.9 Å².